The van der Waals surface area contributed by atoms with E-state index in [-0.39, 0.29) is 0 Å². The molecule has 0 saturated carbocycles. The molecule has 4 heteroatoms. The second-order valence-corrected chi connectivity index (χ2v) is 4.16. The fraction of sp³-hybridized carbons (Fsp3) is 0.125. The molecule has 1 rings (SSSR count). The Kier molecular flexibility index (Phi) is 3.50. The van der Waals surface area contributed by atoms with Crippen molar-refractivity contribution in [2.75, 3.05) is 0 Å². The first-order chi connectivity index (χ1) is 5.70. The third-order valence-electron chi connectivity index (χ3n) is 1.52. The van der Waals surface area contributed by atoms with Crippen LogP contribution in [0.4, 0.5) is 0 Å². The Balaban J connectivity index is 3.38. The number of hydrogen-bond donors (Lipinski definition) is 1. The van der Waals surface area contributed by atoms with Crippen LogP contribution in [0.5, 0.6) is 0 Å². The molecule has 0 spiro atoms. The third-order valence-corrected chi connectivity index (χ3v) is 4.07. The maximum Gasteiger partial charge on any atom is 0.0995 e. The molecular weight excluding hydrogens is 331 g/mol. The van der Waals surface area contributed by atoms with Crippen LogP contribution >= 0.6 is 38.5 Å². The van der Waals surface area contributed by atoms with Gasteiger partial charge in [0.15, 0.2) is 0 Å². The van der Waals surface area contributed by atoms with Gasteiger partial charge in [0.05, 0.1) is 11.6 Å². The van der Waals surface area contributed by atoms with E-state index in [9.17, 15) is 0 Å². The molecule has 0 amide bonds. The summed E-state index contributed by atoms with van der Waals surface area (Å²) in [4.78, 5) is 0. The van der Waals surface area contributed by atoms with Crippen LogP contribution in [0.15, 0.2) is 16.6 Å². The average Bonchev–Trinajstić information content (AvgIpc) is 2.09. The van der Waals surface area contributed by atoms with E-state index in [1.807, 2.05) is 6.07 Å². The summed E-state index contributed by atoms with van der Waals surface area (Å²) >= 11 is 5.59. The van der Waals surface area contributed by atoms with Crippen molar-refractivity contribution in [2.24, 2.45) is 5.73 Å². The van der Waals surface area contributed by atoms with Crippen molar-refractivity contribution in [3.63, 3.8) is 0 Å². The van der Waals surface area contributed by atoms with Crippen molar-refractivity contribution in [2.45, 2.75) is 6.54 Å². The molecule has 1 aromatic rings. The first-order valence-corrected chi connectivity index (χ1v) is 5.15. The molecule has 0 aliphatic rings. The van der Waals surface area contributed by atoms with Crippen molar-refractivity contribution >= 4 is 38.5 Å². The Morgan fingerprint density at radius 1 is 1.58 bits per heavy atom. The Morgan fingerprint density at radius 2 is 2.25 bits per heavy atom. The van der Waals surface area contributed by atoms with Crippen LogP contribution in [0.1, 0.15) is 11.1 Å². The predicted octanol–water partition coefficient (Wildman–Crippen LogP) is 2.38. The standard InChI is InChI=1S/C8H6BrIN2/c9-8-6(4-12)5(3-11)1-2-7(8)10/h1-2H,4,12H2. The lowest BCUT2D eigenvalue weighted by Crippen LogP contribution is -2.01. The predicted molar refractivity (Wildman–Crippen MR) is 59.5 cm³/mol. The first-order valence-electron chi connectivity index (χ1n) is 3.27. The molecule has 0 radical (unpaired) electrons. The zero-order chi connectivity index (χ0) is 9.14. The highest BCUT2D eigenvalue weighted by Gasteiger charge is 2.07. The molecule has 12 heavy (non-hydrogen) atoms. The van der Waals surface area contributed by atoms with Gasteiger partial charge in [0.2, 0.25) is 0 Å². The lowest BCUT2D eigenvalue weighted by molar-refractivity contribution is 1.05. The van der Waals surface area contributed by atoms with Crippen LogP contribution in [0, 0.1) is 14.9 Å². The maximum atomic E-state index is 8.74. The summed E-state index contributed by atoms with van der Waals surface area (Å²) in [5, 5.41) is 8.74. The molecule has 0 fully saturated rings. The van der Waals surface area contributed by atoms with Crippen molar-refractivity contribution < 1.29 is 0 Å². The van der Waals surface area contributed by atoms with Crippen molar-refractivity contribution in [3.8, 4) is 6.07 Å². The van der Waals surface area contributed by atoms with Crippen molar-refractivity contribution in [1.29, 1.82) is 5.26 Å². The molecule has 2 N–H and O–H groups in total. The molecule has 0 heterocycles. The lowest BCUT2D eigenvalue weighted by Gasteiger charge is -2.04. The summed E-state index contributed by atoms with van der Waals surface area (Å²) in [7, 11) is 0. The van der Waals surface area contributed by atoms with E-state index >= 15 is 0 Å². The quantitative estimate of drug-likeness (QED) is 0.800. The highest BCUT2D eigenvalue weighted by atomic mass is 127. The minimum Gasteiger partial charge on any atom is -0.326 e. The highest BCUT2D eigenvalue weighted by Crippen LogP contribution is 2.25. The van der Waals surface area contributed by atoms with E-state index in [1.165, 1.54) is 0 Å². The third kappa shape index (κ3) is 1.79. The minimum absolute atomic E-state index is 0.389. The van der Waals surface area contributed by atoms with Gasteiger partial charge < -0.3 is 5.73 Å². The maximum absolute atomic E-state index is 8.74. The van der Waals surface area contributed by atoms with Gasteiger partial charge in [-0.25, -0.2) is 0 Å². The average molecular weight is 337 g/mol. The van der Waals surface area contributed by atoms with Crippen LogP contribution in [0.25, 0.3) is 0 Å². The summed E-state index contributed by atoms with van der Waals surface area (Å²) in [5.74, 6) is 0. The SMILES string of the molecule is N#Cc1ccc(I)c(Br)c1CN. The summed E-state index contributed by atoms with van der Waals surface area (Å²) in [6.07, 6.45) is 0. The Morgan fingerprint density at radius 3 is 2.75 bits per heavy atom. The van der Waals surface area contributed by atoms with Gasteiger partial charge in [-0.2, -0.15) is 5.26 Å². The van der Waals surface area contributed by atoms with Gasteiger partial charge in [-0.05, 0) is 56.2 Å². The number of halogens is 2. The second-order valence-electron chi connectivity index (χ2n) is 2.20. The van der Waals surface area contributed by atoms with Gasteiger partial charge in [0.25, 0.3) is 0 Å². The van der Waals surface area contributed by atoms with Gasteiger partial charge in [0.1, 0.15) is 0 Å². The summed E-state index contributed by atoms with van der Waals surface area (Å²) in [6, 6.07) is 5.78. The summed E-state index contributed by atoms with van der Waals surface area (Å²) < 4.78 is 2.01. The van der Waals surface area contributed by atoms with Crippen molar-refractivity contribution in [3.05, 3.63) is 31.3 Å². The van der Waals surface area contributed by atoms with Crippen LogP contribution in [-0.2, 0) is 6.54 Å². The van der Waals surface area contributed by atoms with Crippen LogP contribution in [0.2, 0.25) is 0 Å². The van der Waals surface area contributed by atoms with E-state index in [0.717, 1.165) is 13.6 Å². The van der Waals surface area contributed by atoms with Gasteiger partial charge in [-0.3, -0.25) is 0 Å². The zero-order valence-electron chi connectivity index (χ0n) is 6.14. The molecule has 0 aromatic heterocycles. The van der Waals surface area contributed by atoms with Gasteiger partial charge in [-0.15, -0.1) is 0 Å². The summed E-state index contributed by atoms with van der Waals surface area (Å²) in [5.41, 5.74) is 7.03. The molecule has 0 bridgehead atoms. The van der Waals surface area contributed by atoms with E-state index in [4.69, 9.17) is 11.0 Å². The van der Waals surface area contributed by atoms with Gasteiger partial charge in [0, 0.05) is 14.6 Å². The van der Waals surface area contributed by atoms with E-state index in [1.54, 1.807) is 6.07 Å². The molecular formula is C8H6BrIN2. The number of rotatable bonds is 1. The number of nitrogens with two attached hydrogens (primary N) is 1. The molecule has 62 valence electrons. The second kappa shape index (κ2) is 4.21. The topological polar surface area (TPSA) is 49.8 Å². The van der Waals surface area contributed by atoms with Crippen molar-refractivity contribution in [1.82, 2.24) is 0 Å². The number of benzene rings is 1. The number of hydrogen-bond acceptors (Lipinski definition) is 2. The Bertz CT molecular complexity index is 344. The monoisotopic (exact) mass is 336 g/mol. The smallest absolute Gasteiger partial charge is 0.0995 e. The Labute approximate surface area is 93.0 Å². The first kappa shape index (κ1) is 9.96. The van der Waals surface area contributed by atoms with Gasteiger partial charge >= 0.3 is 0 Å². The van der Waals surface area contributed by atoms with E-state index in [0.29, 0.717) is 12.1 Å². The minimum atomic E-state index is 0.389. The lowest BCUT2D eigenvalue weighted by atomic mass is 10.1. The van der Waals surface area contributed by atoms with E-state index in [2.05, 4.69) is 44.6 Å². The number of nitriles is 1. The summed E-state index contributed by atoms with van der Waals surface area (Å²) in [6.45, 7) is 0.389. The van der Waals surface area contributed by atoms with Crippen LogP contribution < -0.4 is 5.73 Å². The molecule has 0 unspecified atom stereocenters. The van der Waals surface area contributed by atoms with Crippen LogP contribution in [0.3, 0.4) is 0 Å². The van der Waals surface area contributed by atoms with E-state index < -0.39 is 0 Å². The molecule has 0 aliphatic carbocycles. The molecule has 0 aliphatic heterocycles. The normalized spacial score (nSPS) is 9.50. The number of nitrogens with zero attached hydrogens (tertiary/aromatic N) is 1. The molecule has 2 nitrogen and oxygen atoms in total. The fourth-order valence-corrected chi connectivity index (χ4v) is 1.91. The molecule has 0 saturated heterocycles. The fourth-order valence-electron chi connectivity index (χ4n) is 0.897. The zero-order valence-corrected chi connectivity index (χ0v) is 9.89. The Hall–Kier alpha value is -0.120. The molecule has 1 aromatic carbocycles. The molecule has 0 atom stereocenters. The van der Waals surface area contributed by atoms with Gasteiger partial charge in [-0.1, -0.05) is 0 Å². The van der Waals surface area contributed by atoms with Crippen LogP contribution in [-0.4, -0.2) is 0 Å². The highest BCUT2D eigenvalue weighted by molar-refractivity contribution is 14.1. The largest absolute Gasteiger partial charge is 0.326 e.